The highest BCUT2D eigenvalue weighted by atomic mass is 16.5. The van der Waals surface area contributed by atoms with Gasteiger partial charge in [0, 0.05) is 20.1 Å². The van der Waals surface area contributed by atoms with Gasteiger partial charge < -0.3 is 19.5 Å². The van der Waals surface area contributed by atoms with Gasteiger partial charge in [-0.1, -0.05) is 0 Å². The molecule has 0 radical (unpaired) electrons. The molecule has 6 heteroatoms. The summed E-state index contributed by atoms with van der Waals surface area (Å²) in [5.41, 5.74) is 0. The van der Waals surface area contributed by atoms with Crippen LogP contribution in [-0.4, -0.2) is 61.4 Å². The second-order valence-electron chi connectivity index (χ2n) is 4.00. The summed E-state index contributed by atoms with van der Waals surface area (Å²) in [7, 11) is 1.53. The van der Waals surface area contributed by atoms with Crippen LogP contribution in [0, 0.1) is 0 Å². The molecule has 0 bridgehead atoms. The maximum absolute atomic E-state index is 11.8. The van der Waals surface area contributed by atoms with Gasteiger partial charge in [-0.2, -0.15) is 0 Å². The van der Waals surface area contributed by atoms with Crippen LogP contribution in [0.15, 0.2) is 0 Å². The smallest absolute Gasteiger partial charge is 0.325 e. The highest BCUT2D eigenvalue weighted by Gasteiger charge is 2.17. The summed E-state index contributed by atoms with van der Waals surface area (Å²) < 4.78 is 9.70. The molecule has 106 valence electrons. The van der Waals surface area contributed by atoms with E-state index in [1.807, 2.05) is 0 Å². The number of aliphatic hydroxyl groups is 1. The number of rotatable bonds is 9. The van der Waals surface area contributed by atoms with Crippen molar-refractivity contribution < 1.29 is 24.2 Å². The normalized spacial score (nSPS) is 12.0. The molecule has 18 heavy (non-hydrogen) atoms. The van der Waals surface area contributed by atoms with Gasteiger partial charge in [0.1, 0.15) is 6.54 Å². The number of carbonyl (C=O) groups is 2. The molecule has 0 aliphatic rings. The Labute approximate surface area is 108 Å². The molecule has 0 aliphatic heterocycles. The Balaban J connectivity index is 4.27. The Kier molecular flexibility index (Phi) is 9.22. The van der Waals surface area contributed by atoms with E-state index < -0.39 is 12.1 Å². The summed E-state index contributed by atoms with van der Waals surface area (Å²) in [6.07, 6.45) is 0.0622. The van der Waals surface area contributed by atoms with Gasteiger partial charge in [0.15, 0.2) is 0 Å². The summed E-state index contributed by atoms with van der Waals surface area (Å²) in [5.74, 6) is -0.611. The molecule has 0 aromatic heterocycles. The van der Waals surface area contributed by atoms with Crippen LogP contribution in [0.2, 0.25) is 0 Å². The molecule has 0 heterocycles. The maximum Gasteiger partial charge on any atom is 0.325 e. The Hall–Kier alpha value is -1.14. The fraction of sp³-hybridized carbons (Fsp3) is 0.833. The maximum atomic E-state index is 11.8. The molecule has 0 aromatic carbocycles. The van der Waals surface area contributed by atoms with Crippen LogP contribution in [-0.2, 0) is 19.1 Å². The Morgan fingerprint density at radius 2 is 2.06 bits per heavy atom. The first kappa shape index (κ1) is 16.9. The predicted octanol–water partition coefficient (Wildman–Crippen LogP) is 0.185. The van der Waals surface area contributed by atoms with E-state index in [1.54, 1.807) is 13.8 Å². The standard InChI is InChI=1S/C12H23NO5/c1-4-18-12(16)9-13(7-8-17-3)11(15)6-5-10(2)14/h10,14H,4-9H2,1-3H3. The van der Waals surface area contributed by atoms with Gasteiger partial charge in [-0.3, -0.25) is 9.59 Å². The molecule has 0 rings (SSSR count). The van der Waals surface area contributed by atoms with E-state index in [2.05, 4.69) is 0 Å². The summed E-state index contributed by atoms with van der Waals surface area (Å²) >= 11 is 0. The first-order valence-corrected chi connectivity index (χ1v) is 6.11. The second kappa shape index (κ2) is 9.85. The monoisotopic (exact) mass is 261 g/mol. The molecule has 1 unspecified atom stereocenters. The van der Waals surface area contributed by atoms with Gasteiger partial charge >= 0.3 is 5.97 Å². The van der Waals surface area contributed by atoms with E-state index in [1.165, 1.54) is 12.0 Å². The molecule has 6 nitrogen and oxygen atoms in total. The number of amides is 1. The average molecular weight is 261 g/mol. The molecule has 0 saturated heterocycles. The summed E-state index contributed by atoms with van der Waals surface area (Å²) in [6.45, 7) is 4.26. The highest BCUT2D eigenvalue weighted by molar-refractivity contribution is 5.82. The number of carbonyl (C=O) groups excluding carboxylic acids is 2. The van der Waals surface area contributed by atoms with Gasteiger partial charge in [-0.25, -0.2) is 0 Å². The van der Waals surface area contributed by atoms with E-state index in [-0.39, 0.29) is 18.9 Å². The molecule has 1 N–H and O–H groups in total. The molecule has 0 saturated carbocycles. The zero-order valence-corrected chi connectivity index (χ0v) is 11.3. The molecule has 0 fully saturated rings. The van der Waals surface area contributed by atoms with Crippen molar-refractivity contribution in [2.75, 3.05) is 33.4 Å². The van der Waals surface area contributed by atoms with Gasteiger partial charge in [-0.05, 0) is 20.3 Å². The van der Waals surface area contributed by atoms with Crippen molar-refractivity contribution in [1.82, 2.24) is 4.90 Å². The van der Waals surface area contributed by atoms with Crippen LogP contribution in [0.25, 0.3) is 0 Å². The van der Waals surface area contributed by atoms with E-state index in [0.29, 0.717) is 26.2 Å². The quantitative estimate of drug-likeness (QED) is 0.599. The summed E-state index contributed by atoms with van der Waals surface area (Å²) in [6, 6.07) is 0. The first-order chi connectivity index (χ1) is 8.51. The molecule has 1 atom stereocenters. The third kappa shape index (κ3) is 8.03. The van der Waals surface area contributed by atoms with Gasteiger partial charge in [0.05, 0.1) is 19.3 Å². The zero-order valence-electron chi connectivity index (χ0n) is 11.3. The van der Waals surface area contributed by atoms with Crippen molar-refractivity contribution in [3.8, 4) is 0 Å². The summed E-state index contributed by atoms with van der Waals surface area (Å²) in [4.78, 5) is 24.6. The van der Waals surface area contributed by atoms with Crippen molar-refractivity contribution in [3.05, 3.63) is 0 Å². The number of methoxy groups -OCH3 is 1. The van der Waals surface area contributed by atoms with Crippen molar-refractivity contribution >= 4 is 11.9 Å². The van der Waals surface area contributed by atoms with Gasteiger partial charge in [-0.15, -0.1) is 0 Å². The predicted molar refractivity (Wildman–Crippen MR) is 66.0 cm³/mol. The fourth-order valence-corrected chi connectivity index (χ4v) is 1.35. The van der Waals surface area contributed by atoms with E-state index >= 15 is 0 Å². The molecule has 1 amide bonds. The fourth-order valence-electron chi connectivity index (χ4n) is 1.35. The average Bonchev–Trinajstić information content (AvgIpc) is 2.31. The van der Waals surface area contributed by atoms with Crippen molar-refractivity contribution in [1.29, 1.82) is 0 Å². The van der Waals surface area contributed by atoms with Crippen LogP contribution >= 0.6 is 0 Å². The van der Waals surface area contributed by atoms with E-state index in [0.717, 1.165) is 0 Å². The zero-order chi connectivity index (χ0) is 14.0. The number of esters is 1. The highest BCUT2D eigenvalue weighted by Crippen LogP contribution is 2.02. The Morgan fingerprint density at radius 1 is 1.39 bits per heavy atom. The summed E-state index contributed by atoms with van der Waals surface area (Å²) in [5, 5.41) is 9.14. The van der Waals surface area contributed by atoms with Crippen LogP contribution in [0.3, 0.4) is 0 Å². The van der Waals surface area contributed by atoms with Crippen LogP contribution in [0.1, 0.15) is 26.7 Å². The minimum absolute atomic E-state index is 0.0736. The van der Waals surface area contributed by atoms with Crippen molar-refractivity contribution in [3.63, 3.8) is 0 Å². The topological polar surface area (TPSA) is 76.1 Å². The lowest BCUT2D eigenvalue weighted by molar-refractivity contribution is -0.149. The third-order valence-corrected chi connectivity index (χ3v) is 2.32. The number of hydrogen-bond donors (Lipinski definition) is 1. The van der Waals surface area contributed by atoms with Crippen molar-refractivity contribution in [2.24, 2.45) is 0 Å². The minimum atomic E-state index is -0.527. The van der Waals surface area contributed by atoms with Crippen LogP contribution < -0.4 is 0 Å². The third-order valence-electron chi connectivity index (χ3n) is 2.32. The molecular weight excluding hydrogens is 238 g/mol. The largest absolute Gasteiger partial charge is 0.465 e. The number of aliphatic hydroxyl groups excluding tert-OH is 1. The van der Waals surface area contributed by atoms with E-state index in [4.69, 9.17) is 14.6 Å². The molecule has 0 aromatic rings. The lowest BCUT2D eigenvalue weighted by Gasteiger charge is -2.21. The van der Waals surface area contributed by atoms with Crippen molar-refractivity contribution in [2.45, 2.75) is 32.8 Å². The SMILES string of the molecule is CCOC(=O)CN(CCOC)C(=O)CCC(C)O. The lowest BCUT2D eigenvalue weighted by Crippen LogP contribution is -2.38. The lowest BCUT2D eigenvalue weighted by atomic mass is 10.2. The molecular formula is C12H23NO5. The van der Waals surface area contributed by atoms with Gasteiger partial charge in [0.2, 0.25) is 5.91 Å². The Bertz CT molecular complexity index is 255. The Morgan fingerprint density at radius 3 is 2.56 bits per heavy atom. The van der Waals surface area contributed by atoms with E-state index in [9.17, 15) is 9.59 Å². The number of hydrogen-bond acceptors (Lipinski definition) is 5. The molecule has 0 spiro atoms. The second-order valence-corrected chi connectivity index (χ2v) is 4.00. The van der Waals surface area contributed by atoms with Crippen LogP contribution in [0.4, 0.5) is 0 Å². The number of nitrogens with zero attached hydrogens (tertiary/aromatic N) is 1. The van der Waals surface area contributed by atoms with Crippen LogP contribution in [0.5, 0.6) is 0 Å². The van der Waals surface area contributed by atoms with Gasteiger partial charge in [0.25, 0.3) is 0 Å². The molecule has 0 aliphatic carbocycles. The first-order valence-electron chi connectivity index (χ1n) is 6.11. The minimum Gasteiger partial charge on any atom is -0.465 e. The number of ether oxygens (including phenoxy) is 2.